The molecule has 0 atom stereocenters. The van der Waals surface area contributed by atoms with Crippen LogP contribution < -0.4 is 4.74 Å². The number of carboxylic acids is 1. The number of carboxylic acid groups (broad SMARTS) is 1. The van der Waals surface area contributed by atoms with Crippen molar-refractivity contribution in [2.75, 3.05) is 7.11 Å². The molecule has 19 heavy (non-hydrogen) atoms. The van der Waals surface area contributed by atoms with E-state index in [0.717, 1.165) is 30.6 Å². The van der Waals surface area contributed by atoms with Crippen molar-refractivity contribution in [3.63, 3.8) is 0 Å². The molecule has 1 aliphatic carbocycles. The molecular formula is C14H13NO4. The molecule has 5 nitrogen and oxygen atoms in total. The Morgan fingerprint density at radius 1 is 1.42 bits per heavy atom. The zero-order valence-electron chi connectivity index (χ0n) is 10.5. The number of hydrogen-bond donors (Lipinski definition) is 1. The summed E-state index contributed by atoms with van der Waals surface area (Å²) in [5.74, 6) is 0.0853. The molecule has 3 rings (SSSR count). The number of ether oxygens (including phenoxy) is 1. The summed E-state index contributed by atoms with van der Waals surface area (Å²) < 4.78 is 10.6. The lowest BCUT2D eigenvalue weighted by atomic mass is 10.0. The van der Waals surface area contributed by atoms with E-state index in [2.05, 4.69) is 5.16 Å². The number of rotatable bonds is 3. The number of benzene rings is 1. The van der Waals surface area contributed by atoms with E-state index >= 15 is 0 Å². The highest BCUT2D eigenvalue weighted by Gasteiger charge is 2.22. The summed E-state index contributed by atoms with van der Waals surface area (Å²) >= 11 is 0. The van der Waals surface area contributed by atoms with Gasteiger partial charge in [0.2, 0.25) is 0 Å². The average Bonchev–Trinajstić information content (AvgIpc) is 3.05. The lowest BCUT2D eigenvalue weighted by molar-refractivity contribution is 0.0686. The van der Waals surface area contributed by atoms with Crippen LogP contribution in [0, 0.1) is 0 Å². The third-order valence-electron chi connectivity index (χ3n) is 3.43. The van der Waals surface area contributed by atoms with E-state index in [0.29, 0.717) is 5.76 Å². The molecular weight excluding hydrogens is 246 g/mol. The fraction of sp³-hybridized carbons (Fsp3) is 0.286. The highest BCUT2D eigenvalue weighted by Crippen LogP contribution is 2.39. The van der Waals surface area contributed by atoms with Crippen LogP contribution in [0.25, 0.3) is 11.3 Å². The van der Waals surface area contributed by atoms with Crippen molar-refractivity contribution in [3.8, 4) is 17.1 Å². The van der Waals surface area contributed by atoms with Crippen LogP contribution >= 0.6 is 0 Å². The molecule has 0 fully saturated rings. The molecule has 2 aromatic rings. The van der Waals surface area contributed by atoms with Gasteiger partial charge < -0.3 is 14.4 Å². The van der Waals surface area contributed by atoms with Crippen molar-refractivity contribution in [1.82, 2.24) is 5.16 Å². The first-order valence-corrected chi connectivity index (χ1v) is 6.10. The van der Waals surface area contributed by atoms with E-state index in [4.69, 9.17) is 14.4 Å². The lowest BCUT2D eigenvalue weighted by Crippen LogP contribution is -1.95. The Labute approximate surface area is 109 Å². The molecule has 0 radical (unpaired) electrons. The number of methoxy groups -OCH3 is 1. The number of aromatic nitrogens is 1. The summed E-state index contributed by atoms with van der Waals surface area (Å²) in [6, 6.07) is 5.36. The van der Waals surface area contributed by atoms with Gasteiger partial charge in [-0.15, -0.1) is 0 Å². The van der Waals surface area contributed by atoms with Crippen molar-refractivity contribution in [2.24, 2.45) is 0 Å². The van der Waals surface area contributed by atoms with E-state index in [1.807, 2.05) is 12.1 Å². The second kappa shape index (κ2) is 4.42. The Bertz CT molecular complexity index is 645. The fourth-order valence-electron chi connectivity index (χ4n) is 2.56. The predicted molar refractivity (Wildman–Crippen MR) is 67.5 cm³/mol. The van der Waals surface area contributed by atoms with Gasteiger partial charge in [0.1, 0.15) is 5.75 Å². The van der Waals surface area contributed by atoms with Crippen LogP contribution in [-0.2, 0) is 12.8 Å². The number of fused-ring (bicyclic) bond motifs is 1. The molecule has 1 heterocycles. The number of aromatic carboxylic acids is 1. The first-order valence-electron chi connectivity index (χ1n) is 6.10. The number of carbonyl (C=O) groups is 1. The minimum atomic E-state index is -1.10. The van der Waals surface area contributed by atoms with Gasteiger partial charge in [-0.3, -0.25) is 0 Å². The topological polar surface area (TPSA) is 72.6 Å². The van der Waals surface area contributed by atoms with Gasteiger partial charge >= 0.3 is 5.97 Å². The van der Waals surface area contributed by atoms with E-state index in [-0.39, 0.29) is 5.69 Å². The molecule has 0 bridgehead atoms. The monoisotopic (exact) mass is 259 g/mol. The molecule has 0 amide bonds. The van der Waals surface area contributed by atoms with Crippen molar-refractivity contribution < 1.29 is 19.2 Å². The second-order valence-corrected chi connectivity index (χ2v) is 4.52. The van der Waals surface area contributed by atoms with Crippen LogP contribution in [0.1, 0.15) is 28.0 Å². The Balaban J connectivity index is 2.11. The summed E-state index contributed by atoms with van der Waals surface area (Å²) in [6.45, 7) is 0. The number of nitrogens with zero attached hydrogens (tertiary/aromatic N) is 1. The smallest absolute Gasteiger partial charge is 0.358 e. The highest BCUT2D eigenvalue weighted by molar-refractivity contribution is 5.87. The van der Waals surface area contributed by atoms with Crippen molar-refractivity contribution in [1.29, 1.82) is 0 Å². The van der Waals surface area contributed by atoms with Crippen LogP contribution in [0.3, 0.4) is 0 Å². The summed E-state index contributed by atoms with van der Waals surface area (Å²) in [6.07, 6.45) is 3.15. The van der Waals surface area contributed by atoms with Crippen LogP contribution in [0.5, 0.6) is 5.75 Å². The summed E-state index contributed by atoms with van der Waals surface area (Å²) in [4.78, 5) is 10.8. The van der Waals surface area contributed by atoms with E-state index in [1.54, 1.807) is 7.11 Å². The van der Waals surface area contributed by atoms with Crippen molar-refractivity contribution in [2.45, 2.75) is 19.3 Å². The molecule has 1 aromatic heterocycles. The zero-order valence-corrected chi connectivity index (χ0v) is 10.5. The van der Waals surface area contributed by atoms with Crippen molar-refractivity contribution in [3.05, 3.63) is 35.0 Å². The van der Waals surface area contributed by atoms with Crippen LogP contribution in [0.4, 0.5) is 0 Å². The molecule has 1 aliphatic rings. The third kappa shape index (κ3) is 1.87. The van der Waals surface area contributed by atoms with Crippen LogP contribution in [0.2, 0.25) is 0 Å². The predicted octanol–water partition coefficient (Wildman–Crippen LogP) is 2.54. The maximum atomic E-state index is 10.8. The minimum absolute atomic E-state index is 0.0995. The zero-order chi connectivity index (χ0) is 13.4. The Morgan fingerprint density at radius 3 is 2.95 bits per heavy atom. The molecule has 0 aliphatic heterocycles. The maximum Gasteiger partial charge on any atom is 0.358 e. The molecule has 0 saturated heterocycles. The molecule has 5 heteroatoms. The van der Waals surface area contributed by atoms with Crippen LogP contribution in [-0.4, -0.2) is 23.3 Å². The standard InChI is InChI=1S/C14H13NO4/c1-18-13-9-4-2-3-8(9)5-6-10(13)12-7-11(14(16)17)15-19-12/h5-7H,2-4H2,1H3,(H,16,17). The quantitative estimate of drug-likeness (QED) is 0.916. The van der Waals surface area contributed by atoms with Gasteiger partial charge in [-0.1, -0.05) is 11.2 Å². The van der Waals surface area contributed by atoms with Gasteiger partial charge in [-0.2, -0.15) is 0 Å². The Morgan fingerprint density at radius 2 is 2.26 bits per heavy atom. The summed E-state index contributed by atoms with van der Waals surface area (Å²) in [5.41, 5.74) is 3.13. The largest absolute Gasteiger partial charge is 0.496 e. The van der Waals surface area contributed by atoms with Gasteiger partial charge in [0.15, 0.2) is 11.5 Å². The maximum absolute atomic E-state index is 10.8. The molecule has 0 spiro atoms. The first-order chi connectivity index (χ1) is 9.20. The molecule has 0 saturated carbocycles. The highest BCUT2D eigenvalue weighted by atomic mass is 16.5. The van der Waals surface area contributed by atoms with Gasteiger partial charge in [0.25, 0.3) is 0 Å². The molecule has 1 N–H and O–H groups in total. The number of hydrogen-bond acceptors (Lipinski definition) is 4. The summed E-state index contributed by atoms with van der Waals surface area (Å²) in [7, 11) is 1.62. The van der Waals surface area contributed by atoms with Gasteiger partial charge in [0.05, 0.1) is 12.7 Å². The molecule has 0 unspecified atom stereocenters. The van der Waals surface area contributed by atoms with E-state index < -0.39 is 5.97 Å². The summed E-state index contributed by atoms with van der Waals surface area (Å²) in [5, 5.41) is 12.4. The van der Waals surface area contributed by atoms with E-state index in [9.17, 15) is 4.79 Å². The lowest BCUT2D eigenvalue weighted by Gasteiger charge is -2.11. The van der Waals surface area contributed by atoms with Crippen LogP contribution in [0.15, 0.2) is 22.7 Å². The third-order valence-corrected chi connectivity index (χ3v) is 3.43. The van der Waals surface area contributed by atoms with Gasteiger partial charge in [-0.05, 0) is 36.5 Å². The fourth-order valence-corrected chi connectivity index (χ4v) is 2.56. The second-order valence-electron chi connectivity index (χ2n) is 4.52. The first kappa shape index (κ1) is 11.8. The normalized spacial score (nSPS) is 13.3. The molecule has 98 valence electrons. The SMILES string of the molecule is COc1c(-c2cc(C(=O)O)no2)ccc2c1CCC2. The number of aryl methyl sites for hydroxylation is 1. The molecule has 1 aromatic carbocycles. The van der Waals surface area contributed by atoms with Crippen molar-refractivity contribution >= 4 is 5.97 Å². The Kier molecular flexibility index (Phi) is 2.74. The van der Waals surface area contributed by atoms with Gasteiger partial charge in [-0.25, -0.2) is 4.79 Å². The minimum Gasteiger partial charge on any atom is -0.496 e. The Hall–Kier alpha value is -2.30. The van der Waals surface area contributed by atoms with E-state index in [1.165, 1.54) is 17.2 Å². The van der Waals surface area contributed by atoms with Gasteiger partial charge in [0, 0.05) is 6.07 Å². The average molecular weight is 259 g/mol.